The molecule has 0 radical (unpaired) electrons. The van der Waals surface area contributed by atoms with Gasteiger partial charge in [0.1, 0.15) is 0 Å². The maximum Gasteiger partial charge on any atom is 0.475 e. The number of rotatable bonds is 11. The predicted octanol–water partition coefficient (Wildman–Crippen LogP) is 5.84. The fourth-order valence-electron chi connectivity index (χ4n) is 3.06. The van der Waals surface area contributed by atoms with Gasteiger partial charge in [-0.15, -0.1) is 0 Å². The highest BCUT2D eigenvalue weighted by Gasteiger charge is 2.42. The summed E-state index contributed by atoms with van der Waals surface area (Å²) in [7, 11) is -4.77. The molecule has 0 amide bonds. The summed E-state index contributed by atoms with van der Waals surface area (Å²) in [6.07, 6.45) is -10.9. The predicted molar refractivity (Wildman–Crippen MR) is 114 cm³/mol. The van der Waals surface area contributed by atoms with Gasteiger partial charge in [0.05, 0.1) is 67.3 Å². The van der Waals surface area contributed by atoms with E-state index in [2.05, 4.69) is 13.6 Å². The molecule has 0 aromatic heterocycles. The second-order valence-corrected chi connectivity index (χ2v) is 8.96. The third-order valence-corrected chi connectivity index (χ3v) is 6.14. The Morgan fingerprint density at radius 3 is 1.23 bits per heavy atom. The Kier molecular flexibility index (Phi) is 9.15. The SMILES string of the molecule is COP(=O)(OCc1c([N+](=O)[O-])cc([N+](=O)[O-])cc1C(F)(F)F)OCc1c([N+](=O)[O-])cc([N+](=O)[O-])cc1C(F)(F)F. The average molecular weight is 608 g/mol. The Bertz CT molecular complexity index is 1330. The molecule has 0 aliphatic carbocycles. The Hall–Kier alpha value is -4.27. The number of phosphoric acid groups is 1. The molecule has 2 aromatic carbocycles. The van der Waals surface area contributed by atoms with Crippen LogP contribution in [-0.2, 0) is 43.7 Å². The molecule has 0 saturated carbocycles. The van der Waals surface area contributed by atoms with E-state index in [1.54, 1.807) is 0 Å². The average Bonchev–Trinajstić information content (AvgIpc) is 2.83. The van der Waals surface area contributed by atoms with Crippen LogP contribution in [0.1, 0.15) is 22.3 Å². The van der Waals surface area contributed by atoms with E-state index < -0.39 is 98.1 Å². The molecule has 0 bridgehead atoms. The lowest BCUT2D eigenvalue weighted by molar-refractivity contribution is -0.395. The summed E-state index contributed by atoms with van der Waals surface area (Å²) in [5.41, 5.74) is -12.5. The van der Waals surface area contributed by atoms with Crippen LogP contribution in [0.4, 0.5) is 49.1 Å². The van der Waals surface area contributed by atoms with Crippen molar-refractivity contribution >= 4 is 30.6 Å². The van der Waals surface area contributed by atoms with Gasteiger partial charge in [0.15, 0.2) is 0 Å². The van der Waals surface area contributed by atoms with E-state index in [9.17, 15) is 71.4 Å². The van der Waals surface area contributed by atoms with Crippen LogP contribution < -0.4 is 0 Å². The number of phosphoric ester groups is 1. The molecule has 0 N–H and O–H groups in total. The molecule has 0 fully saturated rings. The van der Waals surface area contributed by atoms with E-state index in [0.717, 1.165) is 0 Å². The number of nitrogens with zero attached hydrogens (tertiary/aromatic N) is 4. The summed E-state index contributed by atoms with van der Waals surface area (Å²) in [5.74, 6) is 0. The zero-order valence-electron chi connectivity index (χ0n) is 19.1. The highest BCUT2D eigenvalue weighted by molar-refractivity contribution is 7.48. The van der Waals surface area contributed by atoms with Gasteiger partial charge < -0.3 is 0 Å². The first-order valence-corrected chi connectivity index (χ1v) is 11.2. The van der Waals surface area contributed by atoms with Crippen LogP contribution in [-0.4, -0.2) is 26.8 Å². The summed E-state index contributed by atoms with van der Waals surface area (Å²) in [6.45, 7) is -3.33. The van der Waals surface area contributed by atoms with Crippen LogP contribution in [0.2, 0.25) is 0 Å². The van der Waals surface area contributed by atoms with Gasteiger partial charge in [-0.3, -0.25) is 54.0 Å². The lowest BCUT2D eigenvalue weighted by Gasteiger charge is -2.19. The molecule has 0 aliphatic heterocycles. The van der Waals surface area contributed by atoms with Gasteiger partial charge in [-0.05, 0) is 0 Å². The first-order chi connectivity index (χ1) is 18.2. The van der Waals surface area contributed by atoms with Gasteiger partial charge >= 0.3 is 20.2 Å². The van der Waals surface area contributed by atoms with Crippen LogP contribution in [0.5, 0.6) is 0 Å². The molecule has 2 aromatic rings. The molecule has 40 heavy (non-hydrogen) atoms. The second-order valence-electron chi connectivity index (χ2n) is 7.18. The zero-order valence-corrected chi connectivity index (χ0v) is 20.0. The van der Waals surface area contributed by atoms with Crippen LogP contribution >= 0.6 is 7.82 Å². The summed E-state index contributed by atoms with van der Waals surface area (Å²) >= 11 is 0. The summed E-state index contributed by atoms with van der Waals surface area (Å²) < 4.78 is 107. The third kappa shape index (κ3) is 7.22. The van der Waals surface area contributed by atoms with Crippen LogP contribution in [0.25, 0.3) is 0 Å². The molecule has 0 aliphatic rings. The molecular formula is C17H11F6N4O12P. The van der Waals surface area contributed by atoms with Crippen molar-refractivity contribution in [1.82, 2.24) is 0 Å². The minimum atomic E-state index is -5.46. The second kappa shape index (κ2) is 11.5. The Morgan fingerprint density at radius 1 is 0.675 bits per heavy atom. The minimum absolute atomic E-state index is 0.0971. The van der Waals surface area contributed by atoms with Crippen LogP contribution in [0.15, 0.2) is 24.3 Å². The normalized spacial score (nSPS) is 12.3. The fourth-order valence-corrected chi connectivity index (χ4v) is 3.92. The summed E-state index contributed by atoms with van der Waals surface area (Å²) in [6, 6.07) is 0.0605. The van der Waals surface area contributed by atoms with E-state index in [0.29, 0.717) is 7.11 Å². The van der Waals surface area contributed by atoms with Gasteiger partial charge in [0, 0.05) is 19.2 Å². The van der Waals surface area contributed by atoms with Crippen molar-refractivity contribution in [1.29, 1.82) is 0 Å². The van der Waals surface area contributed by atoms with Gasteiger partial charge in [0.2, 0.25) is 0 Å². The first kappa shape index (κ1) is 31.9. The maximum atomic E-state index is 13.5. The number of alkyl halides is 6. The van der Waals surface area contributed by atoms with E-state index in [1.807, 2.05) is 0 Å². The minimum Gasteiger partial charge on any atom is -0.290 e. The zero-order chi connectivity index (χ0) is 30.8. The summed E-state index contributed by atoms with van der Waals surface area (Å²) in [4.78, 5) is 38.8. The molecule has 0 saturated heterocycles. The van der Waals surface area contributed by atoms with E-state index >= 15 is 0 Å². The van der Waals surface area contributed by atoms with Crippen molar-refractivity contribution in [3.63, 3.8) is 0 Å². The molecule has 0 heterocycles. The van der Waals surface area contributed by atoms with E-state index in [1.165, 1.54) is 0 Å². The third-order valence-electron chi connectivity index (χ3n) is 4.81. The smallest absolute Gasteiger partial charge is 0.290 e. The van der Waals surface area contributed by atoms with E-state index in [-0.39, 0.29) is 24.3 Å². The standard InChI is InChI=1S/C17H11F6N4O12P/c1-37-40(36,38-6-10-12(16(18,19)20)2-8(24(28)29)4-14(10)26(32)33)39-7-11-13(17(21,22)23)3-9(25(30)31)5-15(11)27(34)35/h2-5H,6-7H2,1H3. The molecule has 16 nitrogen and oxygen atoms in total. The molecule has 218 valence electrons. The van der Waals surface area contributed by atoms with Crippen molar-refractivity contribution in [2.24, 2.45) is 0 Å². The molecule has 0 spiro atoms. The Labute approximate surface area is 215 Å². The van der Waals surface area contributed by atoms with Crippen molar-refractivity contribution in [2.45, 2.75) is 25.6 Å². The van der Waals surface area contributed by atoms with Gasteiger partial charge in [-0.1, -0.05) is 0 Å². The number of nitro benzene ring substituents is 4. The Balaban J connectivity index is 2.54. The lowest BCUT2D eigenvalue weighted by atomic mass is 10.0. The maximum absolute atomic E-state index is 13.5. The molecule has 23 heteroatoms. The Morgan fingerprint density at radius 2 is 1.00 bits per heavy atom. The number of nitro groups is 4. The quantitative estimate of drug-likeness (QED) is 0.127. The van der Waals surface area contributed by atoms with Gasteiger partial charge in [-0.2, -0.15) is 26.3 Å². The highest BCUT2D eigenvalue weighted by atomic mass is 31.2. The van der Waals surface area contributed by atoms with E-state index in [4.69, 9.17) is 0 Å². The van der Waals surface area contributed by atoms with Gasteiger partial charge in [-0.25, -0.2) is 4.57 Å². The molecule has 2 rings (SSSR count). The van der Waals surface area contributed by atoms with Crippen molar-refractivity contribution in [3.8, 4) is 0 Å². The van der Waals surface area contributed by atoms with Crippen molar-refractivity contribution < 1.29 is 64.2 Å². The van der Waals surface area contributed by atoms with Crippen LogP contribution in [0.3, 0.4) is 0 Å². The number of non-ortho nitro benzene ring substituents is 2. The van der Waals surface area contributed by atoms with Crippen LogP contribution in [0, 0.1) is 40.5 Å². The number of benzene rings is 2. The summed E-state index contributed by atoms with van der Waals surface area (Å²) in [5, 5.41) is 44.4. The number of halogens is 6. The monoisotopic (exact) mass is 608 g/mol. The fraction of sp³-hybridized carbons (Fsp3) is 0.294. The number of hydrogen-bond acceptors (Lipinski definition) is 12. The first-order valence-electron chi connectivity index (χ1n) is 9.72. The van der Waals surface area contributed by atoms with Crippen molar-refractivity contribution in [3.05, 3.63) is 87.0 Å². The largest absolute Gasteiger partial charge is 0.475 e. The molecule has 0 atom stereocenters. The number of hydrogen-bond donors (Lipinski definition) is 0. The van der Waals surface area contributed by atoms with Gasteiger partial charge in [0.25, 0.3) is 22.7 Å². The molecule has 0 unspecified atom stereocenters. The van der Waals surface area contributed by atoms with Crippen molar-refractivity contribution in [2.75, 3.05) is 7.11 Å². The highest BCUT2D eigenvalue weighted by Crippen LogP contribution is 2.52. The topological polar surface area (TPSA) is 217 Å². The molecular weight excluding hydrogens is 597 g/mol. The lowest BCUT2D eigenvalue weighted by Crippen LogP contribution is -2.14.